The fourth-order valence-electron chi connectivity index (χ4n) is 1.35. The van der Waals surface area contributed by atoms with Gasteiger partial charge in [-0.15, -0.1) is 0 Å². The second-order valence-electron chi connectivity index (χ2n) is 4.05. The Bertz CT molecular complexity index is 427. The molecule has 96 valence electrons. The zero-order valence-electron chi connectivity index (χ0n) is 10.5. The van der Waals surface area contributed by atoms with Crippen molar-refractivity contribution in [1.29, 1.82) is 0 Å². The highest BCUT2D eigenvalue weighted by Crippen LogP contribution is 2.05. The lowest BCUT2D eigenvalue weighted by Crippen LogP contribution is -2.25. The second kappa shape index (κ2) is 7.27. The maximum Gasteiger partial charge on any atom is 0.246 e. The first-order valence-corrected chi connectivity index (χ1v) is 5.88. The van der Waals surface area contributed by atoms with Gasteiger partial charge < -0.3 is 10.6 Å². The van der Waals surface area contributed by atoms with E-state index in [1.165, 1.54) is 0 Å². The van der Waals surface area contributed by atoms with E-state index < -0.39 is 0 Å². The summed E-state index contributed by atoms with van der Waals surface area (Å²) in [4.78, 5) is 22.7. The van der Waals surface area contributed by atoms with Crippen molar-refractivity contribution in [2.75, 3.05) is 11.9 Å². The first-order chi connectivity index (χ1) is 8.59. The predicted molar refractivity (Wildman–Crippen MR) is 72.1 cm³/mol. The predicted octanol–water partition coefficient (Wildman–Crippen LogP) is 2.10. The first kappa shape index (κ1) is 14.0. The van der Waals surface area contributed by atoms with Gasteiger partial charge in [0, 0.05) is 24.2 Å². The van der Waals surface area contributed by atoms with E-state index in [1.54, 1.807) is 6.92 Å². The molecule has 4 nitrogen and oxygen atoms in total. The van der Waals surface area contributed by atoms with Crippen molar-refractivity contribution >= 4 is 17.5 Å². The molecule has 0 heterocycles. The van der Waals surface area contributed by atoms with Gasteiger partial charge in [0.25, 0.3) is 0 Å². The van der Waals surface area contributed by atoms with Gasteiger partial charge in [0.2, 0.25) is 11.8 Å². The van der Waals surface area contributed by atoms with Gasteiger partial charge in [-0.25, -0.2) is 0 Å². The maximum atomic E-state index is 11.5. The molecule has 18 heavy (non-hydrogen) atoms. The van der Waals surface area contributed by atoms with Crippen LogP contribution in [0.5, 0.6) is 0 Å². The fourth-order valence-corrected chi connectivity index (χ4v) is 1.35. The number of carbonyl (C=O) groups is 2. The molecule has 0 saturated carbocycles. The standard InChI is InChI=1S/C14H18N2O2/c1-11(2)14(18)15-10-6-9-13(17)16-12-7-4-3-5-8-12/h3-5,7-8H,1,6,9-10H2,2H3,(H,15,18)(H,16,17). The molecule has 0 saturated heterocycles. The molecule has 2 amide bonds. The van der Waals surface area contributed by atoms with E-state index in [1.807, 2.05) is 30.3 Å². The summed E-state index contributed by atoms with van der Waals surface area (Å²) in [6.07, 6.45) is 0.989. The topological polar surface area (TPSA) is 58.2 Å². The molecule has 1 aromatic carbocycles. The average molecular weight is 246 g/mol. The molecule has 1 aromatic rings. The molecule has 0 aliphatic rings. The second-order valence-corrected chi connectivity index (χ2v) is 4.05. The van der Waals surface area contributed by atoms with Crippen LogP contribution >= 0.6 is 0 Å². The van der Waals surface area contributed by atoms with Crippen molar-refractivity contribution < 1.29 is 9.59 Å². The van der Waals surface area contributed by atoms with Crippen LogP contribution < -0.4 is 10.6 Å². The third-order valence-corrected chi connectivity index (χ3v) is 2.31. The molecule has 0 bridgehead atoms. The summed E-state index contributed by atoms with van der Waals surface area (Å²) in [5, 5.41) is 5.47. The molecule has 0 aliphatic carbocycles. The molecule has 4 heteroatoms. The van der Waals surface area contributed by atoms with Gasteiger partial charge in [-0.05, 0) is 25.5 Å². The summed E-state index contributed by atoms with van der Waals surface area (Å²) < 4.78 is 0. The lowest BCUT2D eigenvalue weighted by Gasteiger charge is -2.06. The summed E-state index contributed by atoms with van der Waals surface area (Å²) >= 11 is 0. The Kier molecular flexibility index (Phi) is 5.64. The number of benzene rings is 1. The van der Waals surface area contributed by atoms with E-state index in [9.17, 15) is 9.59 Å². The third-order valence-electron chi connectivity index (χ3n) is 2.31. The maximum absolute atomic E-state index is 11.5. The molecule has 0 aromatic heterocycles. The number of anilines is 1. The lowest BCUT2D eigenvalue weighted by molar-refractivity contribution is -0.118. The van der Waals surface area contributed by atoms with E-state index >= 15 is 0 Å². The van der Waals surface area contributed by atoms with Crippen LogP contribution in [0.3, 0.4) is 0 Å². The summed E-state index contributed by atoms with van der Waals surface area (Å²) in [5.41, 5.74) is 1.26. The SMILES string of the molecule is C=C(C)C(=O)NCCCC(=O)Nc1ccccc1. The Morgan fingerprint density at radius 1 is 1.22 bits per heavy atom. The molecule has 0 atom stereocenters. The van der Waals surface area contributed by atoms with Crippen molar-refractivity contribution in [1.82, 2.24) is 5.32 Å². The lowest BCUT2D eigenvalue weighted by atomic mass is 10.2. The Morgan fingerprint density at radius 3 is 2.50 bits per heavy atom. The number of carbonyl (C=O) groups excluding carboxylic acids is 2. The minimum absolute atomic E-state index is 0.0502. The minimum Gasteiger partial charge on any atom is -0.352 e. The zero-order valence-corrected chi connectivity index (χ0v) is 10.5. The molecule has 0 spiro atoms. The van der Waals surface area contributed by atoms with Gasteiger partial charge in [-0.2, -0.15) is 0 Å². The molecule has 0 unspecified atom stereocenters. The number of rotatable bonds is 6. The van der Waals surface area contributed by atoms with Gasteiger partial charge in [-0.3, -0.25) is 9.59 Å². The number of amides is 2. The van der Waals surface area contributed by atoms with E-state index in [0.717, 1.165) is 5.69 Å². The number of hydrogen-bond acceptors (Lipinski definition) is 2. The van der Waals surface area contributed by atoms with Crippen LogP contribution in [0.4, 0.5) is 5.69 Å². The minimum atomic E-state index is -0.168. The molecular weight excluding hydrogens is 228 g/mol. The highest BCUT2D eigenvalue weighted by molar-refractivity contribution is 5.92. The Hall–Kier alpha value is -2.10. The van der Waals surface area contributed by atoms with Crippen LogP contribution in [0.25, 0.3) is 0 Å². The van der Waals surface area contributed by atoms with Crippen molar-refractivity contribution in [3.8, 4) is 0 Å². The largest absolute Gasteiger partial charge is 0.352 e. The van der Waals surface area contributed by atoms with Gasteiger partial charge in [0.15, 0.2) is 0 Å². The van der Waals surface area contributed by atoms with Gasteiger partial charge in [-0.1, -0.05) is 24.8 Å². The molecule has 0 fully saturated rings. The van der Waals surface area contributed by atoms with Crippen molar-refractivity contribution in [3.05, 3.63) is 42.5 Å². The molecular formula is C14H18N2O2. The number of hydrogen-bond donors (Lipinski definition) is 2. The summed E-state index contributed by atoms with van der Waals surface area (Å²) in [5.74, 6) is -0.218. The van der Waals surface area contributed by atoms with Crippen molar-refractivity contribution in [3.63, 3.8) is 0 Å². The van der Waals surface area contributed by atoms with Crippen molar-refractivity contribution in [2.45, 2.75) is 19.8 Å². The number of nitrogens with one attached hydrogen (secondary N) is 2. The van der Waals surface area contributed by atoms with Crippen molar-refractivity contribution in [2.24, 2.45) is 0 Å². The van der Waals surface area contributed by atoms with Crippen LogP contribution in [-0.2, 0) is 9.59 Å². The first-order valence-electron chi connectivity index (χ1n) is 5.88. The van der Waals surface area contributed by atoms with Crippen LogP contribution in [0, 0.1) is 0 Å². The number of para-hydroxylation sites is 1. The van der Waals surface area contributed by atoms with Gasteiger partial charge in [0.1, 0.15) is 0 Å². The molecule has 0 radical (unpaired) electrons. The Labute approximate surface area is 107 Å². The van der Waals surface area contributed by atoms with E-state index in [0.29, 0.717) is 25.0 Å². The van der Waals surface area contributed by atoms with E-state index in [4.69, 9.17) is 0 Å². The highest BCUT2D eigenvalue weighted by Gasteiger charge is 2.03. The quantitative estimate of drug-likeness (QED) is 0.596. The molecule has 1 rings (SSSR count). The zero-order chi connectivity index (χ0) is 13.4. The third kappa shape index (κ3) is 5.30. The molecule has 0 aliphatic heterocycles. The van der Waals surface area contributed by atoms with Gasteiger partial charge >= 0.3 is 0 Å². The van der Waals surface area contributed by atoms with E-state index in [2.05, 4.69) is 17.2 Å². The average Bonchev–Trinajstić information content (AvgIpc) is 2.35. The van der Waals surface area contributed by atoms with Gasteiger partial charge in [0.05, 0.1) is 0 Å². The summed E-state index contributed by atoms with van der Waals surface area (Å²) in [6, 6.07) is 9.29. The Balaban J connectivity index is 2.18. The van der Waals surface area contributed by atoms with E-state index in [-0.39, 0.29) is 11.8 Å². The Morgan fingerprint density at radius 2 is 1.89 bits per heavy atom. The van der Waals surface area contributed by atoms with Crippen LogP contribution in [0.15, 0.2) is 42.5 Å². The summed E-state index contributed by atoms with van der Waals surface area (Å²) in [6.45, 7) is 5.66. The monoisotopic (exact) mass is 246 g/mol. The highest BCUT2D eigenvalue weighted by atomic mass is 16.2. The fraction of sp³-hybridized carbons (Fsp3) is 0.286. The molecule has 2 N–H and O–H groups in total. The van der Waals surface area contributed by atoms with Crippen LogP contribution in [0.2, 0.25) is 0 Å². The summed E-state index contributed by atoms with van der Waals surface area (Å²) in [7, 11) is 0. The smallest absolute Gasteiger partial charge is 0.246 e. The van der Waals surface area contributed by atoms with Crippen LogP contribution in [0.1, 0.15) is 19.8 Å². The normalized spacial score (nSPS) is 9.61. The van der Waals surface area contributed by atoms with Crippen LogP contribution in [-0.4, -0.2) is 18.4 Å².